The highest BCUT2D eigenvalue weighted by Crippen LogP contribution is 2.26. The SMILES string of the molecule is CSCC[C@H](NC(=O)c1ccc(CCc2cccnc2)cc1-c1ccccc1)C(=O)O. The second-order valence-corrected chi connectivity index (χ2v) is 8.24. The summed E-state index contributed by atoms with van der Waals surface area (Å²) in [6.45, 7) is 0. The van der Waals surface area contributed by atoms with E-state index in [0.29, 0.717) is 17.7 Å². The Morgan fingerprint density at radius 1 is 1.03 bits per heavy atom. The van der Waals surface area contributed by atoms with Crippen LogP contribution in [0, 0.1) is 0 Å². The molecule has 5 nitrogen and oxygen atoms in total. The number of rotatable bonds is 10. The normalized spacial score (nSPS) is 11.6. The Bertz CT molecular complexity index is 1010. The molecule has 0 aliphatic heterocycles. The summed E-state index contributed by atoms with van der Waals surface area (Å²) >= 11 is 1.56. The number of amides is 1. The maximum absolute atomic E-state index is 13.0. The fraction of sp³-hybridized carbons (Fsp3) is 0.240. The molecular formula is C25H26N2O3S. The summed E-state index contributed by atoms with van der Waals surface area (Å²) < 4.78 is 0. The summed E-state index contributed by atoms with van der Waals surface area (Å²) in [4.78, 5) is 28.7. The van der Waals surface area contributed by atoms with Gasteiger partial charge in [0.15, 0.2) is 0 Å². The first-order chi connectivity index (χ1) is 15.1. The predicted octanol–water partition coefficient (Wildman–Crippen LogP) is 4.47. The summed E-state index contributed by atoms with van der Waals surface area (Å²) in [6.07, 6.45) is 7.58. The number of benzene rings is 2. The molecule has 160 valence electrons. The van der Waals surface area contributed by atoms with Crippen molar-refractivity contribution in [3.8, 4) is 11.1 Å². The van der Waals surface area contributed by atoms with E-state index in [9.17, 15) is 14.7 Å². The van der Waals surface area contributed by atoms with Crippen molar-refractivity contribution in [1.82, 2.24) is 10.3 Å². The maximum atomic E-state index is 13.0. The first-order valence-corrected chi connectivity index (χ1v) is 11.6. The van der Waals surface area contributed by atoms with Crippen LogP contribution < -0.4 is 5.32 Å². The number of carbonyl (C=O) groups is 2. The number of aliphatic carboxylic acids is 1. The molecule has 3 rings (SSSR count). The fourth-order valence-corrected chi connectivity index (χ4v) is 3.84. The fourth-order valence-electron chi connectivity index (χ4n) is 3.37. The predicted molar refractivity (Wildman–Crippen MR) is 125 cm³/mol. The molecule has 0 radical (unpaired) electrons. The minimum absolute atomic E-state index is 0.369. The van der Waals surface area contributed by atoms with Crippen LogP contribution in [0.25, 0.3) is 11.1 Å². The zero-order valence-corrected chi connectivity index (χ0v) is 18.3. The molecule has 0 aliphatic rings. The van der Waals surface area contributed by atoms with Crippen LogP contribution in [0.2, 0.25) is 0 Å². The van der Waals surface area contributed by atoms with Crippen molar-refractivity contribution in [1.29, 1.82) is 0 Å². The van der Waals surface area contributed by atoms with Gasteiger partial charge in [-0.25, -0.2) is 4.79 Å². The quantitative estimate of drug-likeness (QED) is 0.492. The third-order valence-corrected chi connectivity index (χ3v) is 5.70. The molecule has 0 spiro atoms. The smallest absolute Gasteiger partial charge is 0.326 e. The van der Waals surface area contributed by atoms with E-state index in [2.05, 4.69) is 10.3 Å². The number of thioether (sulfide) groups is 1. The van der Waals surface area contributed by atoms with E-state index in [1.165, 1.54) is 0 Å². The number of nitrogens with one attached hydrogen (secondary N) is 1. The zero-order valence-electron chi connectivity index (χ0n) is 17.5. The highest BCUT2D eigenvalue weighted by Gasteiger charge is 2.22. The zero-order chi connectivity index (χ0) is 22.1. The van der Waals surface area contributed by atoms with Gasteiger partial charge in [-0.1, -0.05) is 48.5 Å². The number of carboxylic acids is 1. The Morgan fingerprint density at radius 3 is 2.48 bits per heavy atom. The molecular weight excluding hydrogens is 408 g/mol. The molecule has 1 amide bonds. The van der Waals surface area contributed by atoms with Gasteiger partial charge in [0, 0.05) is 18.0 Å². The van der Waals surface area contributed by atoms with E-state index >= 15 is 0 Å². The third-order valence-electron chi connectivity index (χ3n) is 5.05. The molecule has 0 saturated carbocycles. The molecule has 0 saturated heterocycles. The van der Waals surface area contributed by atoms with Crippen LogP contribution in [0.5, 0.6) is 0 Å². The first kappa shape index (κ1) is 22.6. The number of aromatic nitrogens is 1. The first-order valence-electron chi connectivity index (χ1n) is 10.2. The summed E-state index contributed by atoms with van der Waals surface area (Å²) in [5.74, 6) is -0.723. The summed E-state index contributed by atoms with van der Waals surface area (Å²) in [5.41, 5.74) is 4.47. The molecule has 2 aromatic carbocycles. The third kappa shape index (κ3) is 6.43. The van der Waals surface area contributed by atoms with Crippen LogP contribution >= 0.6 is 11.8 Å². The average Bonchev–Trinajstić information content (AvgIpc) is 2.81. The number of pyridine rings is 1. The van der Waals surface area contributed by atoms with Crippen molar-refractivity contribution in [2.24, 2.45) is 0 Å². The number of hydrogen-bond acceptors (Lipinski definition) is 4. The van der Waals surface area contributed by atoms with Gasteiger partial charge < -0.3 is 10.4 Å². The minimum atomic E-state index is -1.02. The Kier molecular flexibility index (Phi) is 8.24. The van der Waals surface area contributed by atoms with Gasteiger partial charge in [-0.3, -0.25) is 9.78 Å². The van der Waals surface area contributed by atoms with E-state index in [4.69, 9.17) is 0 Å². The summed E-state index contributed by atoms with van der Waals surface area (Å²) in [6, 6.07) is 18.5. The highest BCUT2D eigenvalue weighted by atomic mass is 32.2. The van der Waals surface area contributed by atoms with Crippen LogP contribution in [0.4, 0.5) is 0 Å². The lowest BCUT2D eigenvalue weighted by molar-refractivity contribution is -0.139. The molecule has 0 aliphatic carbocycles. The van der Waals surface area contributed by atoms with Gasteiger partial charge >= 0.3 is 5.97 Å². The summed E-state index contributed by atoms with van der Waals surface area (Å²) in [7, 11) is 0. The topological polar surface area (TPSA) is 79.3 Å². The Morgan fingerprint density at radius 2 is 1.81 bits per heavy atom. The Balaban J connectivity index is 1.86. The van der Waals surface area contributed by atoms with Gasteiger partial charge in [0.25, 0.3) is 5.91 Å². The van der Waals surface area contributed by atoms with Crippen LogP contribution in [0.15, 0.2) is 73.1 Å². The average molecular weight is 435 g/mol. The monoisotopic (exact) mass is 434 g/mol. The van der Waals surface area contributed by atoms with Crippen molar-refractivity contribution in [3.63, 3.8) is 0 Å². The number of aryl methyl sites for hydroxylation is 2. The highest BCUT2D eigenvalue weighted by molar-refractivity contribution is 7.98. The Labute approximate surface area is 186 Å². The van der Waals surface area contributed by atoms with Crippen LogP contribution in [-0.4, -0.2) is 40.0 Å². The molecule has 2 N–H and O–H groups in total. The van der Waals surface area contributed by atoms with E-state index in [-0.39, 0.29) is 5.91 Å². The van der Waals surface area contributed by atoms with E-state index in [1.807, 2.05) is 67.0 Å². The van der Waals surface area contributed by atoms with Crippen molar-refractivity contribution in [2.45, 2.75) is 25.3 Å². The van der Waals surface area contributed by atoms with Gasteiger partial charge in [0.05, 0.1) is 0 Å². The lowest BCUT2D eigenvalue weighted by Gasteiger charge is -2.17. The van der Waals surface area contributed by atoms with E-state index < -0.39 is 12.0 Å². The standard InChI is InChI=1S/C25H26N2O3S/c1-31-15-13-23(25(29)30)27-24(28)21-12-11-18(9-10-19-6-5-14-26-17-19)16-22(21)20-7-3-2-4-8-20/h2-8,11-12,14,16-17,23H,9-10,13,15H2,1H3,(H,27,28)(H,29,30)/t23-/m0/s1. The molecule has 3 aromatic rings. The number of hydrogen-bond donors (Lipinski definition) is 2. The summed E-state index contributed by atoms with van der Waals surface area (Å²) in [5, 5.41) is 12.2. The molecule has 0 fully saturated rings. The second kappa shape index (κ2) is 11.3. The molecule has 1 atom stereocenters. The Hall–Kier alpha value is -3.12. The van der Waals surface area contributed by atoms with Crippen LogP contribution in [0.1, 0.15) is 27.9 Å². The number of carboxylic acid groups (broad SMARTS) is 1. The van der Waals surface area contributed by atoms with E-state index in [0.717, 1.165) is 35.1 Å². The van der Waals surface area contributed by atoms with Gasteiger partial charge in [0.2, 0.25) is 0 Å². The van der Waals surface area contributed by atoms with Crippen molar-refractivity contribution in [3.05, 3.63) is 89.7 Å². The van der Waals surface area contributed by atoms with Crippen LogP contribution in [0.3, 0.4) is 0 Å². The molecule has 6 heteroatoms. The largest absolute Gasteiger partial charge is 0.480 e. The van der Waals surface area contributed by atoms with Gasteiger partial charge in [-0.15, -0.1) is 0 Å². The molecule has 1 heterocycles. The molecule has 0 unspecified atom stereocenters. The molecule has 31 heavy (non-hydrogen) atoms. The lowest BCUT2D eigenvalue weighted by Crippen LogP contribution is -2.41. The van der Waals surface area contributed by atoms with Gasteiger partial charge in [0.1, 0.15) is 6.04 Å². The number of carbonyl (C=O) groups excluding carboxylic acids is 1. The van der Waals surface area contributed by atoms with Crippen molar-refractivity contribution < 1.29 is 14.7 Å². The number of nitrogens with zero attached hydrogens (tertiary/aromatic N) is 1. The van der Waals surface area contributed by atoms with Gasteiger partial charge in [-0.05, 0) is 65.7 Å². The van der Waals surface area contributed by atoms with Crippen molar-refractivity contribution in [2.75, 3.05) is 12.0 Å². The molecule has 0 bridgehead atoms. The molecule has 1 aromatic heterocycles. The lowest BCUT2D eigenvalue weighted by atomic mass is 9.94. The minimum Gasteiger partial charge on any atom is -0.480 e. The van der Waals surface area contributed by atoms with Crippen LogP contribution in [-0.2, 0) is 17.6 Å². The second-order valence-electron chi connectivity index (χ2n) is 7.25. The van der Waals surface area contributed by atoms with E-state index in [1.54, 1.807) is 24.0 Å². The van der Waals surface area contributed by atoms with Gasteiger partial charge in [-0.2, -0.15) is 11.8 Å². The van der Waals surface area contributed by atoms with Crippen molar-refractivity contribution >= 4 is 23.6 Å². The maximum Gasteiger partial charge on any atom is 0.326 e.